The molecule has 2 atom stereocenters. The van der Waals surface area contributed by atoms with Crippen molar-refractivity contribution < 1.29 is 24.5 Å². The van der Waals surface area contributed by atoms with Crippen molar-refractivity contribution in [3.05, 3.63) is 36.5 Å². The van der Waals surface area contributed by atoms with Crippen LogP contribution in [0.3, 0.4) is 0 Å². The van der Waals surface area contributed by atoms with E-state index < -0.39 is 12.1 Å². The van der Waals surface area contributed by atoms with Gasteiger partial charge in [-0.15, -0.1) is 0 Å². The van der Waals surface area contributed by atoms with Gasteiger partial charge in [0.2, 0.25) is 5.91 Å². The Labute approximate surface area is 595 Å². The van der Waals surface area contributed by atoms with Crippen molar-refractivity contribution in [2.24, 2.45) is 0 Å². The van der Waals surface area contributed by atoms with Crippen LogP contribution in [-0.2, 0) is 14.3 Å². The molecule has 3 N–H and O–H groups in total. The van der Waals surface area contributed by atoms with E-state index in [-0.39, 0.29) is 18.5 Å². The summed E-state index contributed by atoms with van der Waals surface area (Å²) in [5.41, 5.74) is 0. The predicted octanol–water partition coefficient (Wildman–Crippen LogP) is 29.3. The van der Waals surface area contributed by atoms with E-state index in [4.69, 9.17) is 4.74 Å². The summed E-state index contributed by atoms with van der Waals surface area (Å²) in [7, 11) is 0. The average molecular weight is 1340 g/mol. The van der Waals surface area contributed by atoms with Crippen LogP contribution in [0.5, 0.6) is 0 Å². The molecule has 0 aromatic heterocycles. The first-order valence-corrected chi connectivity index (χ1v) is 43.7. The van der Waals surface area contributed by atoms with Crippen LogP contribution >= 0.6 is 0 Å². The number of aliphatic hydroxyl groups is 2. The van der Waals surface area contributed by atoms with Crippen LogP contribution in [-0.4, -0.2) is 47.4 Å². The lowest BCUT2D eigenvalue weighted by Gasteiger charge is -2.22. The number of amides is 1. The third-order valence-corrected chi connectivity index (χ3v) is 20.7. The highest BCUT2D eigenvalue weighted by Crippen LogP contribution is 2.21. The van der Waals surface area contributed by atoms with Gasteiger partial charge < -0.3 is 20.3 Å². The van der Waals surface area contributed by atoms with E-state index in [1.807, 2.05) is 0 Å². The third kappa shape index (κ3) is 80.9. The Bertz CT molecular complexity index is 1540. The predicted molar refractivity (Wildman–Crippen MR) is 421 cm³/mol. The molecule has 0 aromatic rings. The van der Waals surface area contributed by atoms with Crippen molar-refractivity contribution in [2.75, 3.05) is 13.2 Å². The number of carbonyl (C=O) groups is 2. The molecule has 95 heavy (non-hydrogen) atoms. The number of esters is 1. The molecule has 0 saturated carbocycles. The number of ether oxygens (including phenoxy) is 1. The average Bonchev–Trinajstić information content (AvgIpc) is 2.97. The Balaban J connectivity index is 3.36. The minimum atomic E-state index is -0.665. The van der Waals surface area contributed by atoms with Crippen molar-refractivity contribution in [3.8, 4) is 0 Å². The smallest absolute Gasteiger partial charge is 0.305 e. The van der Waals surface area contributed by atoms with Gasteiger partial charge in [0.1, 0.15) is 0 Å². The van der Waals surface area contributed by atoms with Gasteiger partial charge in [0.25, 0.3) is 0 Å². The highest BCUT2D eigenvalue weighted by molar-refractivity contribution is 5.76. The summed E-state index contributed by atoms with van der Waals surface area (Å²) in [6, 6.07) is -0.542. The van der Waals surface area contributed by atoms with E-state index in [0.29, 0.717) is 25.9 Å². The second kappa shape index (κ2) is 84.5. The lowest BCUT2D eigenvalue weighted by Crippen LogP contribution is -2.45. The van der Waals surface area contributed by atoms with Crippen molar-refractivity contribution in [2.45, 2.75) is 508 Å². The number of hydrogen-bond donors (Lipinski definition) is 3. The molecule has 0 fully saturated rings. The molecule has 0 rings (SSSR count). The number of allylic oxidation sites excluding steroid dienone is 6. The molecule has 0 bridgehead atoms. The SMILES string of the molecule is CCCCCCCC/C=C\CCCCCCCCCCCC(=O)OCCCCCCCCCCCCC/C=C\C/C=C\CCCCCCCCCCCCCCCCCCCC(=O)NC(CO)C(O)CCCCCCCCCCCCCCCCCCCCCCCCCC. The number of aliphatic hydroxyl groups excluding tert-OH is 2. The van der Waals surface area contributed by atoms with E-state index in [2.05, 4.69) is 55.6 Å². The zero-order valence-corrected chi connectivity index (χ0v) is 64.7. The van der Waals surface area contributed by atoms with Crippen molar-refractivity contribution >= 4 is 11.9 Å². The molecule has 1 amide bonds. The summed E-state index contributed by atoms with van der Waals surface area (Å²) in [5.74, 6) is -0.00919. The van der Waals surface area contributed by atoms with Gasteiger partial charge in [-0.3, -0.25) is 9.59 Å². The quantitative estimate of drug-likeness (QED) is 0.0320. The first-order valence-electron chi connectivity index (χ1n) is 43.7. The normalized spacial score (nSPS) is 12.6. The maximum absolute atomic E-state index is 12.6. The molecule has 562 valence electrons. The van der Waals surface area contributed by atoms with Gasteiger partial charge in [-0.05, 0) is 83.5 Å². The standard InChI is InChI=1S/C89H171NO5/c1-3-5-7-9-11-13-15-17-19-21-23-24-25-39-42-46-49-53-57-61-65-69-73-77-81-87(92)86(85-91)90-88(93)82-78-74-70-66-62-58-54-50-47-43-40-37-35-33-31-29-27-26-28-30-32-34-36-38-41-44-48-52-56-60-64-68-72-76-80-84-95-89(94)83-79-75-71-67-63-59-55-51-45-22-20-18-16-14-12-10-8-6-4-2/h18,20,28,30,34,36,86-87,91-92H,3-17,19,21-27,29,31-33,35,37-85H2,1-2H3,(H,90,93)/b20-18-,30-28-,36-34-. The molecule has 6 nitrogen and oxygen atoms in total. The van der Waals surface area contributed by atoms with Crippen LogP contribution in [0.25, 0.3) is 0 Å². The molecule has 0 aliphatic carbocycles. The summed E-state index contributed by atoms with van der Waals surface area (Å²) < 4.78 is 5.52. The molecule has 0 aromatic carbocycles. The molecule has 0 saturated heterocycles. The number of hydrogen-bond acceptors (Lipinski definition) is 5. The zero-order chi connectivity index (χ0) is 68.4. The first-order chi connectivity index (χ1) is 47.0. The molecular formula is C89H171NO5. The summed E-state index contributed by atoms with van der Waals surface area (Å²) >= 11 is 0. The molecule has 0 heterocycles. The second-order valence-corrected chi connectivity index (χ2v) is 30.2. The third-order valence-electron chi connectivity index (χ3n) is 20.7. The molecule has 2 unspecified atom stereocenters. The van der Waals surface area contributed by atoms with Crippen LogP contribution in [0, 0.1) is 0 Å². The number of nitrogens with one attached hydrogen (secondary N) is 1. The maximum Gasteiger partial charge on any atom is 0.305 e. The molecule has 0 aliphatic heterocycles. The van der Waals surface area contributed by atoms with Gasteiger partial charge in [-0.25, -0.2) is 0 Å². The van der Waals surface area contributed by atoms with E-state index in [1.54, 1.807) is 0 Å². The lowest BCUT2D eigenvalue weighted by atomic mass is 10.0. The van der Waals surface area contributed by atoms with Gasteiger partial charge in [0.05, 0.1) is 25.4 Å². The molecule has 0 spiro atoms. The summed E-state index contributed by atoms with van der Waals surface area (Å²) in [6.07, 6.45) is 111. The van der Waals surface area contributed by atoms with E-state index in [1.165, 1.54) is 417 Å². The molecule has 0 radical (unpaired) electrons. The van der Waals surface area contributed by atoms with Gasteiger partial charge in [-0.2, -0.15) is 0 Å². The molecular weight excluding hydrogens is 1160 g/mol. The number of unbranched alkanes of at least 4 members (excludes halogenated alkanes) is 66. The van der Waals surface area contributed by atoms with E-state index in [0.717, 1.165) is 44.9 Å². The minimum absolute atomic E-state index is 0.0175. The van der Waals surface area contributed by atoms with Crippen molar-refractivity contribution in [1.29, 1.82) is 0 Å². The Morgan fingerprint density at radius 3 is 0.811 bits per heavy atom. The lowest BCUT2D eigenvalue weighted by molar-refractivity contribution is -0.143. The largest absolute Gasteiger partial charge is 0.466 e. The Kier molecular flexibility index (Phi) is 82.8. The number of rotatable bonds is 83. The van der Waals surface area contributed by atoms with Crippen LogP contribution in [0.4, 0.5) is 0 Å². The molecule has 0 aliphatic rings. The van der Waals surface area contributed by atoms with Crippen LogP contribution in [0.1, 0.15) is 495 Å². The number of carbonyl (C=O) groups excluding carboxylic acids is 2. The van der Waals surface area contributed by atoms with Gasteiger partial charge in [0, 0.05) is 12.8 Å². The minimum Gasteiger partial charge on any atom is -0.466 e. The highest BCUT2D eigenvalue weighted by atomic mass is 16.5. The molecule has 6 heteroatoms. The van der Waals surface area contributed by atoms with Crippen LogP contribution in [0.2, 0.25) is 0 Å². The fraction of sp³-hybridized carbons (Fsp3) is 0.910. The Hall–Kier alpha value is -1.92. The van der Waals surface area contributed by atoms with E-state index in [9.17, 15) is 19.8 Å². The zero-order valence-electron chi connectivity index (χ0n) is 64.7. The van der Waals surface area contributed by atoms with Gasteiger partial charge in [-0.1, -0.05) is 436 Å². The first kappa shape index (κ1) is 93.1. The second-order valence-electron chi connectivity index (χ2n) is 30.2. The Morgan fingerprint density at radius 1 is 0.295 bits per heavy atom. The van der Waals surface area contributed by atoms with E-state index >= 15 is 0 Å². The monoisotopic (exact) mass is 1330 g/mol. The van der Waals surface area contributed by atoms with Crippen molar-refractivity contribution in [1.82, 2.24) is 5.32 Å². The summed E-state index contributed by atoms with van der Waals surface area (Å²) in [6.45, 7) is 5.01. The van der Waals surface area contributed by atoms with Gasteiger partial charge >= 0.3 is 5.97 Å². The Morgan fingerprint density at radius 2 is 0.526 bits per heavy atom. The maximum atomic E-state index is 12.6. The highest BCUT2D eigenvalue weighted by Gasteiger charge is 2.20. The fourth-order valence-electron chi connectivity index (χ4n) is 14.0. The van der Waals surface area contributed by atoms with Gasteiger partial charge in [0.15, 0.2) is 0 Å². The summed E-state index contributed by atoms with van der Waals surface area (Å²) in [4.78, 5) is 24.7. The topological polar surface area (TPSA) is 95.9 Å². The van der Waals surface area contributed by atoms with Crippen LogP contribution in [0.15, 0.2) is 36.5 Å². The fourth-order valence-corrected chi connectivity index (χ4v) is 14.0. The van der Waals surface area contributed by atoms with Crippen LogP contribution < -0.4 is 5.32 Å². The summed E-state index contributed by atoms with van der Waals surface area (Å²) in [5, 5.41) is 23.5. The van der Waals surface area contributed by atoms with Crippen molar-refractivity contribution in [3.63, 3.8) is 0 Å².